The highest BCUT2D eigenvalue weighted by Gasteiger charge is 2.09. The molecule has 1 heterocycles. The zero-order chi connectivity index (χ0) is 14.2. The van der Waals surface area contributed by atoms with Crippen molar-refractivity contribution >= 4 is 11.8 Å². The Kier molecular flexibility index (Phi) is 6.05. The molecule has 0 spiro atoms. The van der Waals surface area contributed by atoms with Gasteiger partial charge in [0.15, 0.2) is 0 Å². The molecule has 1 aromatic heterocycles. The Morgan fingerprint density at radius 1 is 1.20 bits per heavy atom. The summed E-state index contributed by atoms with van der Waals surface area (Å²) in [5.41, 5.74) is 0.850. The first kappa shape index (κ1) is 15.0. The molecule has 2 unspecified atom stereocenters. The Morgan fingerprint density at radius 2 is 2.00 bits per heavy atom. The third kappa shape index (κ3) is 4.96. The van der Waals surface area contributed by atoms with Crippen LogP contribution < -0.4 is 5.32 Å². The van der Waals surface area contributed by atoms with E-state index in [-0.39, 0.29) is 0 Å². The molecule has 2 aromatic rings. The predicted molar refractivity (Wildman–Crippen MR) is 83.8 cm³/mol. The maximum Gasteiger partial charge on any atom is 0.0929 e. The van der Waals surface area contributed by atoms with Crippen LogP contribution in [0, 0.1) is 0 Å². The van der Waals surface area contributed by atoms with E-state index in [0.717, 1.165) is 11.3 Å². The van der Waals surface area contributed by atoms with Gasteiger partial charge in [0.05, 0.1) is 6.10 Å². The molecule has 0 bridgehead atoms. The molecule has 0 radical (unpaired) electrons. The molecule has 0 saturated heterocycles. The largest absolute Gasteiger partial charge is 0.387 e. The molecule has 2 N–H and O–H groups in total. The van der Waals surface area contributed by atoms with Crippen LogP contribution in [0.1, 0.15) is 18.6 Å². The van der Waals surface area contributed by atoms with E-state index in [9.17, 15) is 5.11 Å². The van der Waals surface area contributed by atoms with Gasteiger partial charge in [-0.05, 0) is 25.1 Å². The van der Waals surface area contributed by atoms with Crippen molar-refractivity contribution in [2.75, 3.05) is 12.3 Å². The third-order valence-corrected chi connectivity index (χ3v) is 4.24. The van der Waals surface area contributed by atoms with Gasteiger partial charge in [-0.15, -0.1) is 11.8 Å². The molecule has 0 amide bonds. The van der Waals surface area contributed by atoms with Gasteiger partial charge < -0.3 is 10.4 Å². The number of pyridine rings is 1. The van der Waals surface area contributed by atoms with E-state index in [0.29, 0.717) is 12.6 Å². The lowest BCUT2D eigenvalue weighted by atomic mass is 10.1. The minimum atomic E-state index is -0.507. The van der Waals surface area contributed by atoms with Gasteiger partial charge in [0.25, 0.3) is 0 Å². The Labute approximate surface area is 124 Å². The van der Waals surface area contributed by atoms with Gasteiger partial charge in [0, 0.05) is 41.2 Å². The number of rotatable bonds is 7. The normalized spacial score (nSPS) is 13.9. The minimum Gasteiger partial charge on any atom is -0.387 e. The maximum absolute atomic E-state index is 10.0. The molecule has 20 heavy (non-hydrogen) atoms. The lowest BCUT2D eigenvalue weighted by Crippen LogP contribution is -2.32. The summed E-state index contributed by atoms with van der Waals surface area (Å²) in [6.45, 7) is 2.67. The molecule has 2 rings (SSSR count). The van der Waals surface area contributed by atoms with Crippen LogP contribution in [0.2, 0.25) is 0 Å². The fourth-order valence-corrected chi connectivity index (χ4v) is 2.71. The minimum absolute atomic E-state index is 0.339. The number of aromatic nitrogens is 1. The van der Waals surface area contributed by atoms with E-state index in [1.165, 1.54) is 4.90 Å². The van der Waals surface area contributed by atoms with Crippen LogP contribution in [0.4, 0.5) is 0 Å². The van der Waals surface area contributed by atoms with Crippen molar-refractivity contribution in [3.63, 3.8) is 0 Å². The monoisotopic (exact) mass is 288 g/mol. The zero-order valence-electron chi connectivity index (χ0n) is 11.6. The van der Waals surface area contributed by atoms with Crippen molar-refractivity contribution in [1.82, 2.24) is 10.3 Å². The van der Waals surface area contributed by atoms with Crippen LogP contribution in [0.3, 0.4) is 0 Å². The van der Waals surface area contributed by atoms with E-state index in [4.69, 9.17) is 0 Å². The van der Waals surface area contributed by atoms with Gasteiger partial charge in [-0.25, -0.2) is 0 Å². The van der Waals surface area contributed by atoms with E-state index in [2.05, 4.69) is 29.4 Å². The molecular formula is C16H20N2OS. The number of nitrogens with one attached hydrogen (secondary N) is 1. The first-order chi connectivity index (χ1) is 9.75. The quantitative estimate of drug-likeness (QED) is 0.769. The second kappa shape index (κ2) is 8.04. The summed E-state index contributed by atoms with van der Waals surface area (Å²) in [7, 11) is 0. The number of thioether (sulfide) groups is 1. The summed E-state index contributed by atoms with van der Waals surface area (Å²) < 4.78 is 0. The molecule has 0 aliphatic carbocycles. The van der Waals surface area contributed by atoms with Crippen LogP contribution >= 0.6 is 11.8 Å². The summed E-state index contributed by atoms with van der Waals surface area (Å²) in [6, 6.07) is 14.4. The smallest absolute Gasteiger partial charge is 0.0929 e. The van der Waals surface area contributed by atoms with E-state index in [1.54, 1.807) is 12.4 Å². The van der Waals surface area contributed by atoms with Gasteiger partial charge >= 0.3 is 0 Å². The van der Waals surface area contributed by atoms with Gasteiger partial charge in [0.2, 0.25) is 0 Å². The Morgan fingerprint density at radius 3 is 2.70 bits per heavy atom. The average Bonchev–Trinajstić information content (AvgIpc) is 2.52. The molecule has 3 nitrogen and oxygen atoms in total. The topological polar surface area (TPSA) is 45.1 Å². The summed E-state index contributed by atoms with van der Waals surface area (Å²) in [6.07, 6.45) is 2.91. The average molecular weight is 288 g/mol. The number of benzene rings is 1. The highest BCUT2D eigenvalue weighted by Crippen LogP contribution is 2.18. The van der Waals surface area contributed by atoms with E-state index < -0.39 is 6.10 Å². The van der Waals surface area contributed by atoms with Crippen molar-refractivity contribution < 1.29 is 5.11 Å². The van der Waals surface area contributed by atoms with Crippen LogP contribution in [-0.2, 0) is 0 Å². The second-order valence-electron chi connectivity index (χ2n) is 4.74. The predicted octanol–water partition coefficient (Wildman–Crippen LogP) is 2.89. The lowest BCUT2D eigenvalue weighted by molar-refractivity contribution is 0.171. The highest BCUT2D eigenvalue weighted by molar-refractivity contribution is 7.99. The SMILES string of the molecule is CC(CSc1ccccc1)NCC(O)c1cccnc1. The Hall–Kier alpha value is -1.36. The standard InChI is InChI=1S/C16H20N2OS/c1-13(12-20-15-7-3-2-4-8-15)18-11-16(19)14-6-5-9-17-10-14/h2-10,13,16,18-19H,11-12H2,1H3. The summed E-state index contributed by atoms with van der Waals surface area (Å²) in [4.78, 5) is 5.29. The van der Waals surface area contributed by atoms with Gasteiger partial charge in [-0.2, -0.15) is 0 Å². The Balaban J connectivity index is 1.71. The fourth-order valence-electron chi connectivity index (χ4n) is 1.80. The van der Waals surface area contributed by atoms with E-state index >= 15 is 0 Å². The number of aliphatic hydroxyl groups excluding tert-OH is 1. The molecule has 2 atom stereocenters. The van der Waals surface area contributed by atoms with Crippen LogP contribution in [0.25, 0.3) is 0 Å². The molecule has 4 heteroatoms. The van der Waals surface area contributed by atoms with Crippen LogP contribution in [-0.4, -0.2) is 28.4 Å². The highest BCUT2D eigenvalue weighted by atomic mass is 32.2. The van der Waals surface area contributed by atoms with Gasteiger partial charge in [-0.1, -0.05) is 24.3 Å². The van der Waals surface area contributed by atoms with Crippen molar-refractivity contribution in [1.29, 1.82) is 0 Å². The molecule has 0 fully saturated rings. The van der Waals surface area contributed by atoms with Crippen molar-refractivity contribution in [3.05, 3.63) is 60.4 Å². The number of aliphatic hydroxyl groups is 1. The summed E-state index contributed by atoms with van der Waals surface area (Å²) >= 11 is 1.82. The Bertz CT molecular complexity index is 492. The van der Waals surface area contributed by atoms with Crippen molar-refractivity contribution in [2.24, 2.45) is 0 Å². The van der Waals surface area contributed by atoms with Gasteiger partial charge in [-0.3, -0.25) is 4.98 Å². The van der Waals surface area contributed by atoms with Crippen LogP contribution in [0.5, 0.6) is 0 Å². The molecule has 0 aliphatic heterocycles. The van der Waals surface area contributed by atoms with Crippen molar-refractivity contribution in [2.45, 2.75) is 24.0 Å². The van der Waals surface area contributed by atoms with Crippen molar-refractivity contribution in [3.8, 4) is 0 Å². The van der Waals surface area contributed by atoms with Crippen LogP contribution in [0.15, 0.2) is 59.8 Å². The molecule has 1 aromatic carbocycles. The summed E-state index contributed by atoms with van der Waals surface area (Å²) in [5, 5.41) is 13.4. The number of nitrogens with zero attached hydrogens (tertiary/aromatic N) is 1. The summed E-state index contributed by atoms with van der Waals surface area (Å²) in [5.74, 6) is 0.976. The number of hydrogen-bond donors (Lipinski definition) is 2. The zero-order valence-corrected chi connectivity index (χ0v) is 12.4. The third-order valence-electron chi connectivity index (χ3n) is 2.97. The fraction of sp³-hybridized carbons (Fsp3) is 0.312. The maximum atomic E-state index is 10.0. The molecule has 106 valence electrons. The molecular weight excluding hydrogens is 268 g/mol. The first-order valence-corrected chi connectivity index (χ1v) is 7.73. The number of hydrogen-bond acceptors (Lipinski definition) is 4. The van der Waals surface area contributed by atoms with Gasteiger partial charge in [0.1, 0.15) is 0 Å². The first-order valence-electron chi connectivity index (χ1n) is 6.75. The lowest BCUT2D eigenvalue weighted by Gasteiger charge is -2.17. The second-order valence-corrected chi connectivity index (χ2v) is 5.83. The molecule has 0 saturated carbocycles. The molecule has 0 aliphatic rings. The van der Waals surface area contributed by atoms with E-state index in [1.807, 2.05) is 42.1 Å².